The van der Waals surface area contributed by atoms with Crippen molar-refractivity contribution in [2.45, 2.75) is 31.1 Å². The highest BCUT2D eigenvalue weighted by Gasteiger charge is 2.26. The van der Waals surface area contributed by atoms with Crippen LogP contribution >= 0.6 is 0 Å². The minimum Gasteiger partial charge on any atom is -0.342 e. The van der Waals surface area contributed by atoms with Gasteiger partial charge in [0.2, 0.25) is 15.9 Å². The van der Waals surface area contributed by atoms with Crippen molar-refractivity contribution < 1.29 is 13.2 Å². The van der Waals surface area contributed by atoms with Crippen LogP contribution in [0.1, 0.15) is 23.4 Å². The summed E-state index contributed by atoms with van der Waals surface area (Å²) in [5.41, 5.74) is 4.66. The quantitative estimate of drug-likeness (QED) is 0.689. The number of nitrogens with one attached hydrogen (secondary N) is 2. The van der Waals surface area contributed by atoms with E-state index < -0.39 is 10.0 Å². The summed E-state index contributed by atoms with van der Waals surface area (Å²) in [6.45, 7) is 2.58. The Labute approximate surface area is 163 Å². The van der Waals surface area contributed by atoms with E-state index in [1.807, 2.05) is 25.1 Å². The average molecular weight is 398 g/mol. The van der Waals surface area contributed by atoms with Gasteiger partial charge in [-0.3, -0.25) is 4.79 Å². The summed E-state index contributed by atoms with van der Waals surface area (Å²) in [5.74, 6) is 0.749. The first-order valence-electron chi connectivity index (χ1n) is 9.20. The van der Waals surface area contributed by atoms with E-state index in [1.165, 1.54) is 7.05 Å². The highest BCUT2D eigenvalue weighted by molar-refractivity contribution is 7.89. The number of nitrogens with zero attached hydrogens (tertiary/aromatic N) is 2. The molecule has 0 spiro atoms. The van der Waals surface area contributed by atoms with Gasteiger partial charge in [-0.2, -0.15) is 0 Å². The maximum atomic E-state index is 12.8. The van der Waals surface area contributed by atoms with Gasteiger partial charge in [-0.15, -0.1) is 0 Å². The number of hydrogen-bond donors (Lipinski definition) is 2. The molecule has 1 amide bonds. The number of amides is 1. The molecule has 0 unspecified atom stereocenters. The molecule has 0 atom stereocenters. The van der Waals surface area contributed by atoms with Crippen LogP contribution in [0.3, 0.4) is 0 Å². The molecule has 1 aliphatic rings. The first kappa shape index (κ1) is 18.6. The number of hydrogen-bond acceptors (Lipinski definition) is 4. The fourth-order valence-corrected chi connectivity index (χ4v) is 4.36. The number of rotatable bonds is 5. The Morgan fingerprint density at radius 3 is 2.86 bits per heavy atom. The zero-order chi connectivity index (χ0) is 19.9. The lowest BCUT2D eigenvalue weighted by Crippen LogP contribution is -2.29. The fourth-order valence-electron chi connectivity index (χ4n) is 3.61. The number of aromatic amines is 1. The van der Waals surface area contributed by atoms with Gasteiger partial charge in [-0.25, -0.2) is 18.1 Å². The molecule has 2 N–H and O–H groups in total. The first-order chi connectivity index (χ1) is 13.4. The topological polar surface area (TPSA) is 95.2 Å². The van der Waals surface area contributed by atoms with Crippen LogP contribution in [0.2, 0.25) is 0 Å². The van der Waals surface area contributed by atoms with Crippen molar-refractivity contribution in [3.63, 3.8) is 0 Å². The van der Waals surface area contributed by atoms with E-state index in [1.54, 1.807) is 23.1 Å². The first-order valence-corrected chi connectivity index (χ1v) is 10.7. The normalized spacial score (nSPS) is 13.9. The van der Waals surface area contributed by atoms with Crippen LogP contribution in [0.4, 0.5) is 5.69 Å². The highest BCUT2D eigenvalue weighted by atomic mass is 32.2. The predicted molar refractivity (Wildman–Crippen MR) is 108 cm³/mol. The molecule has 0 bridgehead atoms. The molecule has 0 saturated heterocycles. The van der Waals surface area contributed by atoms with Crippen LogP contribution in [0.25, 0.3) is 11.0 Å². The summed E-state index contributed by atoms with van der Waals surface area (Å²) in [5, 5.41) is 0. The number of imidazole rings is 1. The third kappa shape index (κ3) is 3.29. The van der Waals surface area contributed by atoms with E-state index in [9.17, 15) is 13.2 Å². The van der Waals surface area contributed by atoms with Crippen molar-refractivity contribution in [3.8, 4) is 0 Å². The molecule has 8 heteroatoms. The fraction of sp³-hybridized carbons (Fsp3) is 0.300. The lowest BCUT2D eigenvalue weighted by molar-refractivity contribution is -0.118. The number of anilines is 1. The number of fused-ring (bicyclic) bond motifs is 2. The van der Waals surface area contributed by atoms with E-state index >= 15 is 0 Å². The molecule has 0 aliphatic carbocycles. The van der Waals surface area contributed by atoms with E-state index in [2.05, 4.69) is 14.7 Å². The predicted octanol–water partition coefficient (Wildman–Crippen LogP) is 2.30. The maximum Gasteiger partial charge on any atom is 0.240 e. The van der Waals surface area contributed by atoms with Crippen molar-refractivity contribution in [2.75, 3.05) is 18.5 Å². The van der Waals surface area contributed by atoms with E-state index in [0.717, 1.165) is 34.4 Å². The van der Waals surface area contributed by atoms with E-state index in [4.69, 9.17) is 0 Å². The number of carbonyl (C=O) groups is 1. The van der Waals surface area contributed by atoms with Crippen molar-refractivity contribution in [1.82, 2.24) is 14.7 Å². The maximum absolute atomic E-state index is 12.8. The molecule has 0 radical (unpaired) electrons. The van der Waals surface area contributed by atoms with Crippen LogP contribution < -0.4 is 9.62 Å². The smallest absolute Gasteiger partial charge is 0.240 e. The molecule has 146 valence electrons. The van der Waals surface area contributed by atoms with Gasteiger partial charge < -0.3 is 9.88 Å². The standard InChI is InChI=1S/C20H22N4O3S/c1-13-4-3-5-16-20(13)23-18(22-16)8-9-19(25)24-11-10-14-6-7-15(12-17(14)24)28(26,27)21-2/h3-7,12,21H,8-11H2,1-2H3,(H,22,23). The second-order valence-corrected chi connectivity index (χ2v) is 8.83. The Morgan fingerprint density at radius 2 is 2.11 bits per heavy atom. The number of sulfonamides is 1. The Balaban J connectivity index is 1.52. The summed E-state index contributed by atoms with van der Waals surface area (Å²) in [6.07, 6.45) is 1.54. The summed E-state index contributed by atoms with van der Waals surface area (Å²) >= 11 is 0. The lowest BCUT2D eigenvalue weighted by atomic mass is 10.2. The summed E-state index contributed by atoms with van der Waals surface area (Å²) in [7, 11) is -2.17. The van der Waals surface area contributed by atoms with Crippen molar-refractivity contribution >= 4 is 32.7 Å². The molecule has 2 heterocycles. The molecule has 0 saturated carbocycles. The molecule has 28 heavy (non-hydrogen) atoms. The van der Waals surface area contributed by atoms with Gasteiger partial charge in [0.1, 0.15) is 5.82 Å². The second kappa shape index (κ2) is 7.03. The van der Waals surface area contributed by atoms with Gasteiger partial charge in [0.05, 0.1) is 15.9 Å². The lowest BCUT2D eigenvalue weighted by Gasteiger charge is -2.18. The van der Waals surface area contributed by atoms with Gasteiger partial charge >= 0.3 is 0 Å². The number of para-hydroxylation sites is 1. The van der Waals surface area contributed by atoms with Crippen LogP contribution in [-0.2, 0) is 27.7 Å². The van der Waals surface area contributed by atoms with Gasteiger partial charge in [-0.1, -0.05) is 18.2 Å². The molecule has 3 aromatic rings. The summed E-state index contributed by atoms with van der Waals surface area (Å²) in [4.78, 5) is 22.5. The minimum absolute atomic E-state index is 0.0325. The summed E-state index contributed by atoms with van der Waals surface area (Å²) in [6, 6.07) is 10.9. The Bertz CT molecular complexity index is 1170. The average Bonchev–Trinajstić information content (AvgIpc) is 3.30. The second-order valence-electron chi connectivity index (χ2n) is 6.95. The Morgan fingerprint density at radius 1 is 1.29 bits per heavy atom. The van der Waals surface area contributed by atoms with Crippen LogP contribution in [0.15, 0.2) is 41.3 Å². The monoisotopic (exact) mass is 398 g/mol. The largest absolute Gasteiger partial charge is 0.342 e. The molecule has 7 nitrogen and oxygen atoms in total. The highest BCUT2D eigenvalue weighted by Crippen LogP contribution is 2.31. The Kier molecular flexibility index (Phi) is 4.68. The minimum atomic E-state index is -3.55. The molecule has 4 rings (SSSR count). The molecule has 1 aromatic heterocycles. The number of carbonyl (C=O) groups excluding carboxylic acids is 1. The van der Waals surface area contributed by atoms with Gasteiger partial charge in [0, 0.05) is 25.1 Å². The zero-order valence-electron chi connectivity index (χ0n) is 15.8. The van der Waals surface area contributed by atoms with Crippen LogP contribution in [0, 0.1) is 6.92 Å². The van der Waals surface area contributed by atoms with Crippen molar-refractivity contribution in [3.05, 3.63) is 53.3 Å². The van der Waals surface area contributed by atoms with E-state index in [0.29, 0.717) is 25.1 Å². The SMILES string of the molecule is CNS(=O)(=O)c1ccc2c(c1)N(C(=O)CCc1nc3c(C)cccc3[nH]1)CC2. The number of aryl methyl sites for hydroxylation is 2. The third-order valence-corrected chi connectivity index (χ3v) is 6.58. The number of H-pyrrole nitrogens is 1. The van der Waals surface area contributed by atoms with Gasteiger partial charge in [-0.05, 0) is 49.7 Å². The zero-order valence-corrected chi connectivity index (χ0v) is 16.6. The number of benzene rings is 2. The molecule has 0 fully saturated rings. The molecular formula is C20H22N4O3S. The molecule has 2 aromatic carbocycles. The van der Waals surface area contributed by atoms with Gasteiger partial charge in [0.15, 0.2) is 0 Å². The molecular weight excluding hydrogens is 376 g/mol. The van der Waals surface area contributed by atoms with E-state index in [-0.39, 0.29) is 10.8 Å². The third-order valence-electron chi connectivity index (χ3n) is 5.17. The number of aromatic nitrogens is 2. The van der Waals surface area contributed by atoms with Crippen molar-refractivity contribution in [2.24, 2.45) is 0 Å². The molecule has 1 aliphatic heterocycles. The van der Waals surface area contributed by atoms with Crippen LogP contribution in [0.5, 0.6) is 0 Å². The Hall–Kier alpha value is -2.71. The van der Waals surface area contributed by atoms with Gasteiger partial charge in [0.25, 0.3) is 0 Å². The summed E-state index contributed by atoms with van der Waals surface area (Å²) < 4.78 is 26.5. The van der Waals surface area contributed by atoms with Crippen LogP contribution in [-0.4, -0.2) is 37.9 Å². The van der Waals surface area contributed by atoms with Crippen molar-refractivity contribution in [1.29, 1.82) is 0 Å².